The van der Waals surface area contributed by atoms with Gasteiger partial charge in [0.2, 0.25) is 11.7 Å². The van der Waals surface area contributed by atoms with Crippen molar-refractivity contribution in [2.75, 3.05) is 56.8 Å². The molecule has 10 heteroatoms. The molecule has 0 saturated carbocycles. The standard InChI is InChI=1S/C31H31N3O7/c1-39-24-13-11-22(12-14-24)32-15-17-33(18-16-32)26-19-29(36)34(30(26)37)23-9-7-21(8-10-23)31(38)41-20-27(35)25-5-3-4-6-28(25)40-2/h3-14,26H,15-20H2,1-2H3. The van der Waals surface area contributed by atoms with Crippen molar-refractivity contribution in [3.63, 3.8) is 0 Å². The van der Waals surface area contributed by atoms with Gasteiger partial charge in [0, 0.05) is 31.9 Å². The average Bonchev–Trinajstić information content (AvgIpc) is 3.32. The quantitative estimate of drug-likeness (QED) is 0.223. The summed E-state index contributed by atoms with van der Waals surface area (Å²) in [4.78, 5) is 56.7. The molecule has 2 amide bonds. The van der Waals surface area contributed by atoms with Crippen LogP contribution in [0.5, 0.6) is 11.5 Å². The summed E-state index contributed by atoms with van der Waals surface area (Å²) in [5.41, 5.74) is 2.00. The number of carbonyl (C=O) groups is 4. The van der Waals surface area contributed by atoms with E-state index in [1.54, 1.807) is 43.5 Å². The molecule has 41 heavy (non-hydrogen) atoms. The van der Waals surface area contributed by atoms with Crippen molar-refractivity contribution in [1.29, 1.82) is 0 Å². The van der Waals surface area contributed by atoms with Gasteiger partial charge in [-0.15, -0.1) is 0 Å². The number of amides is 2. The maximum absolute atomic E-state index is 13.3. The van der Waals surface area contributed by atoms with Crippen LogP contribution in [0.4, 0.5) is 11.4 Å². The van der Waals surface area contributed by atoms with Crippen LogP contribution in [0, 0.1) is 0 Å². The Kier molecular flexibility index (Phi) is 8.30. The van der Waals surface area contributed by atoms with Crippen LogP contribution < -0.4 is 19.3 Å². The smallest absolute Gasteiger partial charge is 0.338 e. The second kappa shape index (κ2) is 12.2. The van der Waals surface area contributed by atoms with Crippen molar-refractivity contribution >= 4 is 34.9 Å². The third-order valence-corrected chi connectivity index (χ3v) is 7.42. The Hall–Kier alpha value is -4.70. The second-order valence-corrected chi connectivity index (χ2v) is 9.75. The second-order valence-electron chi connectivity index (χ2n) is 9.75. The number of Topliss-reactive ketones (excluding diaryl/α,β-unsaturated/α-hetero) is 1. The first kappa shape index (κ1) is 27.9. The predicted octanol–water partition coefficient (Wildman–Crippen LogP) is 3.20. The van der Waals surface area contributed by atoms with E-state index < -0.39 is 24.4 Å². The number of carbonyl (C=O) groups excluding carboxylic acids is 4. The van der Waals surface area contributed by atoms with E-state index in [0.29, 0.717) is 30.1 Å². The number of esters is 1. The molecule has 5 rings (SSSR count). The van der Waals surface area contributed by atoms with Gasteiger partial charge in [0.15, 0.2) is 6.61 Å². The molecule has 2 aliphatic rings. The minimum absolute atomic E-state index is 0.107. The SMILES string of the molecule is COc1ccc(N2CCN(C3CC(=O)N(c4ccc(C(=O)OCC(=O)c5ccccc5OC)cc4)C3=O)CC2)cc1. The Labute approximate surface area is 238 Å². The summed E-state index contributed by atoms with van der Waals surface area (Å²) in [7, 11) is 3.09. The molecule has 0 aliphatic carbocycles. The number of hydrogen-bond acceptors (Lipinski definition) is 9. The van der Waals surface area contributed by atoms with Crippen LogP contribution in [0.15, 0.2) is 72.8 Å². The first-order valence-electron chi connectivity index (χ1n) is 13.3. The summed E-state index contributed by atoms with van der Waals surface area (Å²) in [6.07, 6.45) is 0.107. The van der Waals surface area contributed by atoms with Crippen LogP contribution in [0.2, 0.25) is 0 Å². The molecule has 3 aromatic carbocycles. The fraction of sp³-hybridized carbons (Fsp3) is 0.290. The van der Waals surface area contributed by atoms with E-state index in [-0.39, 0.29) is 23.8 Å². The molecule has 0 radical (unpaired) electrons. The number of ether oxygens (including phenoxy) is 3. The van der Waals surface area contributed by atoms with Gasteiger partial charge >= 0.3 is 5.97 Å². The normalized spacial score (nSPS) is 17.5. The molecule has 2 fully saturated rings. The van der Waals surface area contributed by atoms with Crippen molar-refractivity contribution in [3.8, 4) is 11.5 Å². The molecule has 212 valence electrons. The molecule has 2 heterocycles. The molecule has 3 aromatic rings. The summed E-state index contributed by atoms with van der Waals surface area (Å²) in [5.74, 6) is -0.439. The number of nitrogens with zero attached hydrogens (tertiary/aromatic N) is 3. The highest BCUT2D eigenvalue weighted by atomic mass is 16.5. The fourth-order valence-electron chi connectivity index (χ4n) is 5.17. The van der Waals surface area contributed by atoms with Gasteiger partial charge in [0.1, 0.15) is 11.5 Å². The van der Waals surface area contributed by atoms with Gasteiger partial charge in [-0.3, -0.25) is 19.3 Å². The molecule has 0 spiro atoms. The Morgan fingerprint density at radius 2 is 1.46 bits per heavy atom. The number of imide groups is 1. The lowest BCUT2D eigenvalue weighted by molar-refractivity contribution is -0.123. The Bertz CT molecular complexity index is 1430. The number of hydrogen-bond donors (Lipinski definition) is 0. The maximum atomic E-state index is 13.3. The van der Waals surface area contributed by atoms with E-state index in [4.69, 9.17) is 14.2 Å². The number of methoxy groups -OCH3 is 2. The van der Waals surface area contributed by atoms with Gasteiger partial charge in [-0.1, -0.05) is 12.1 Å². The Morgan fingerprint density at radius 1 is 0.805 bits per heavy atom. The van der Waals surface area contributed by atoms with Gasteiger partial charge < -0.3 is 19.1 Å². The monoisotopic (exact) mass is 557 g/mol. The zero-order chi connectivity index (χ0) is 28.9. The highest BCUT2D eigenvalue weighted by Crippen LogP contribution is 2.28. The molecule has 0 aromatic heterocycles. The van der Waals surface area contributed by atoms with Gasteiger partial charge in [0.05, 0.1) is 43.5 Å². The van der Waals surface area contributed by atoms with Crippen molar-refractivity contribution < 1.29 is 33.4 Å². The van der Waals surface area contributed by atoms with Gasteiger partial charge in [0.25, 0.3) is 5.91 Å². The van der Waals surface area contributed by atoms with E-state index in [0.717, 1.165) is 24.5 Å². The molecule has 2 saturated heterocycles. The van der Waals surface area contributed by atoms with Crippen molar-refractivity contribution in [2.24, 2.45) is 0 Å². The summed E-state index contributed by atoms with van der Waals surface area (Å²) in [6.45, 7) is 2.34. The number of anilines is 2. The topological polar surface area (TPSA) is 106 Å². The highest BCUT2D eigenvalue weighted by Gasteiger charge is 2.43. The lowest BCUT2D eigenvalue weighted by atomic mass is 10.1. The molecule has 0 N–H and O–H groups in total. The van der Waals surface area contributed by atoms with Crippen LogP contribution >= 0.6 is 0 Å². The van der Waals surface area contributed by atoms with E-state index in [1.165, 1.54) is 24.1 Å². The van der Waals surface area contributed by atoms with E-state index >= 15 is 0 Å². The number of piperazine rings is 1. The largest absolute Gasteiger partial charge is 0.497 e. The predicted molar refractivity (Wildman–Crippen MR) is 152 cm³/mol. The number of benzene rings is 3. The lowest BCUT2D eigenvalue weighted by Crippen LogP contribution is -2.52. The number of ketones is 1. The molecular weight excluding hydrogens is 526 g/mol. The van der Waals surface area contributed by atoms with Crippen LogP contribution in [0.25, 0.3) is 0 Å². The molecule has 10 nitrogen and oxygen atoms in total. The first-order chi connectivity index (χ1) is 19.9. The van der Waals surface area contributed by atoms with Crippen LogP contribution in [0.1, 0.15) is 27.1 Å². The zero-order valence-electron chi connectivity index (χ0n) is 22.9. The third-order valence-electron chi connectivity index (χ3n) is 7.42. The summed E-state index contributed by atoms with van der Waals surface area (Å²) in [5, 5.41) is 0. The van der Waals surface area contributed by atoms with Gasteiger partial charge in [-0.25, -0.2) is 9.69 Å². The Morgan fingerprint density at radius 3 is 2.12 bits per heavy atom. The minimum atomic E-state index is -0.688. The average molecular weight is 558 g/mol. The fourth-order valence-corrected chi connectivity index (χ4v) is 5.17. The zero-order valence-corrected chi connectivity index (χ0v) is 22.9. The number of rotatable bonds is 9. The molecule has 1 atom stereocenters. The maximum Gasteiger partial charge on any atom is 0.338 e. The van der Waals surface area contributed by atoms with Crippen LogP contribution in [0.3, 0.4) is 0 Å². The van der Waals surface area contributed by atoms with Crippen molar-refractivity contribution in [2.45, 2.75) is 12.5 Å². The summed E-state index contributed by atoms with van der Waals surface area (Å²) >= 11 is 0. The summed E-state index contributed by atoms with van der Waals surface area (Å²) < 4.78 is 15.6. The first-order valence-corrected chi connectivity index (χ1v) is 13.3. The molecular formula is C31H31N3O7. The third kappa shape index (κ3) is 5.92. The van der Waals surface area contributed by atoms with Crippen LogP contribution in [-0.4, -0.2) is 81.5 Å². The minimum Gasteiger partial charge on any atom is -0.497 e. The van der Waals surface area contributed by atoms with E-state index in [1.807, 2.05) is 24.3 Å². The molecule has 1 unspecified atom stereocenters. The lowest BCUT2D eigenvalue weighted by Gasteiger charge is -2.38. The Balaban J connectivity index is 1.16. The van der Waals surface area contributed by atoms with E-state index in [2.05, 4.69) is 9.80 Å². The summed E-state index contributed by atoms with van der Waals surface area (Å²) in [6, 6.07) is 20.1. The van der Waals surface area contributed by atoms with Crippen molar-refractivity contribution in [3.05, 3.63) is 83.9 Å². The van der Waals surface area contributed by atoms with Gasteiger partial charge in [-0.05, 0) is 60.7 Å². The van der Waals surface area contributed by atoms with E-state index in [9.17, 15) is 19.2 Å². The molecule has 0 bridgehead atoms. The highest BCUT2D eigenvalue weighted by molar-refractivity contribution is 6.22. The van der Waals surface area contributed by atoms with Crippen LogP contribution in [-0.2, 0) is 14.3 Å². The number of para-hydroxylation sites is 1. The van der Waals surface area contributed by atoms with Gasteiger partial charge in [-0.2, -0.15) is 0 Å². The molecule has 2 aliphatic heterocycles. The van der Waals surface area contributed by atoms with Crippen molar-refractivity contribution in [1.82, 2.24) is 4.90 Å².